The van der Waals surface area contributed by atoms with Gasteiger partial charge in [-0.1, -0.05) is 42.5 Å². The molecule has 36 heavy (non-hydrogen) atoms. The van der Waals surface area contributed by atoms with Crippen LogP contribution in [-0.4, -0.2) is 54.0 Å². The second-order valence-corrected chi connectivity index (χ2v) is 9.63. The molecule has 5 unspecified atom stereocenters. The van der Waals surface area contributed by atoms with Gasteiger partial charge >= 0.3 is 6.18 Å². The minimum atomic E-state index is -4.53. The second-order valence-electron chi connectivity index (χ2n) is 9.63. The van der Waals surface area contributed by atoms with Crippen LogP contribution in [-0.2, 0) is 17.4 Å². The van der Waals surface area contributed by atoms with Crippen molar-refractivity contribution in [2.75, 3.05) is 27.7 Å². The van der Waals surface area contributed by atoms with Gasteiger partial charge in [0.1, 0.15) is 5.75 Å². The van der Waals surface area contributed by atoms with Crippen molar-refractivity contribution < 1.29 is 32.9 Å². The maximum absolute atomic E-state index is 13.4. The van der Waals surface area contributed by atoms with E-state index in [1.54, 1.807) is 6.07 Å². The number of aromatic nitrogens is 1. The number of aliphatic hydroxyl groups is 2. The van der Waals surface area contributed by atoms with E-state index in [-0.39, 0.29) is 17.2 Å². The lowest BCUT2D eigenvalue weighted by atomic mass is 9.70. The molecule has 6 nitrogen and oxygen atoms in total. The first kappa shape index (κ1) is 24.5. The van der Waals surface area contributed by atoms with Crippen LogP contribution >= 0.6 is 0 Å². The van der Waals surface area contributed by atoms with Crippen LogP contribution in [0.2, 0.25) is 0 Å². The quantitative estimate of drug-likeness (QED) is 0.553. The van der Waals surface area contributed by atoms with Crippen molar-refractivity contribution in [3.63, 3.8) is 0 Å². The molecule has 0 spiro atoms. The molecule has 1 fully saturated rings. The molecule has 0 bridgehead atoms. The van der Waals surface area contributed by atoms with Gasteiger partial charge < -0.3 is 24.6 Å². The highest BCUT2D eigenvalue weighted by atomic mass is 19.4. The molecule has 2 aliphatic rings. The fourth-order valence-electron chi connectivity index (χ4n) is 6.05. The fourth-order valence-corrected chi connectivity index (χ4v) is 6.05. The third-order valence-electron chi connectivity index (χ3n) is 7.37. The van der Waals surface area contributed by atoms with Gasteiger partial charge in [-0.2, -0.15) is 13.2 Å². The average Bonchev–Trinajstić information content (AvgIpc) is 3.22. The number of nitrogens with zero attached hydrogens (tertiary/aromatic N) is 2. The number of fused-ring (bicyclic) bond motifs is 3. The zero-order valence-corrected chi connectivity index (χ0v) is 20.0. The van der Waals surface area contributed by atoms with Gasteiger partial charge in [0.15, 0.2) is 11.2 Å². The van der Waals surface area contributed by atoms with Crippen LogP contribution in [0.4, 0.5) is 13.2 Å². The van der Waals surface area contributed by atoms with Crippen molar-refractivity contribution in [3.05, 3.63) is 89.1 Å². The molecule has 5 rings (SSSR count). The Morgan fingerprint density at radius 2 is 1.72 bits per heavy atom. The summed E-state index contributed by atoms with van der Waals surface area (Å²) in [6, 6.07) is 15.4. The third kappa shape index (κ3) is 3.33. The molecule has 2 heterocycles. The van der Waals surface area contributed by atoms with Gasteiger partial charge in [0.2, 0.25) is 5.88 Å². The predicted molar refractivity (Wildman–Crippen MR) is 126 cm³/mol. The molecule has 3 aromatic rings. The van der Waals surface area contributed by atoms with Crippen molar-refractivity contribution in [3.8, 4) is 11.6 Å². The molecule has 1 saturated carbocycles. The number of pyridine rings is 1. The second kappa shape index (κ2) is 8.47. The van der Waals surface area contributed by atoms with Crippen LogP contribution in [0.15, 0.2) is 66.9 Å². The Morgan fingerprint density at radius 3 is 2.31 bits per heavy atom. The van der Waals surface area contributed by atoms with Crippen LogP contribution in [0.3, 0.4) is 0 Å². The Bertz CT molecular complexity index is 1250. The monoisotopic (exact) mass is 500 g/mol. The number of hydrogen-bond donors (Lipinski definition) is 2. The van der Waals surface area contributed by atoms with E-state index < -0.39 is 40.9 Å². The summed E-state index contributed by atoms with van der Waals surface area (Å²) in [6.45, 7) is 0.382. The van der Waals surface area contributed by atoms with Crippen LogP contribution in [0.5, 0.6) is 11.6 Å². The molecule has 0 saturated heterocycles. The maximum Gasteiger partial charge on any atom is 0.416 e. The molecule has 1 aromatic heterocycles. The summed E-state index contributed by atoms with van der Waals surface area (Å²) in [7, 11) is 5.11. The van der Waals surface area contributed by atoms with Crippen molar-refractivity contribution in [2.24, 2.45) is 5.92 Å². The van der Waals surface area contributed by atoms with Crippen molar-refractivity contribution in [1.29, 1.82) is 0 Å². The Kier molecular flexibility index (Phi) is 5.77. The summed E-state index contributed by atoms with van der Waals surface area (Å²) in [6.07, 6.45) is -4.42. The van der Waals surface area contributed by atoms with E-state index in [2.05, 4.69) is 4.98 Å². The largest absolute Gasteiger partial charge is 0.481 e. The molecule has 9 heteroatoms. The molecule has 0 radical (unpaired) electrons. The Morgan fingerprint density at radius 1 is 1.06 bits per heavy atom. The van der Waals surface area contributed by atoms with Crippen LogP contribution in [0.25, 0.3) is 0 Å². The number of ether oxygens (including phenoxy) is 2. The van der Waals surface area contributed by atoms with Gasteiger partial charge in [-0.15, -0.1) is 0 Å². The summed E-state index contributed by atoms with van der Waals surface area (Å²) >= 11 is 0. The van der Waals surface area contributed by atoms with Crippen molar-refractivity contribution in [2.45, 2.75) is 29.4 Å². The summed E-state index contributed by atoms with van der Waals surface area (Å²) in [4.78, 5) is 6.13. The van der Waals surface area contributed by atoms with E-state index >= 15 is 0 Å². The highest BCUT2D eigenvalue weighted by Crippen LogP contribution is 2.69. The van der Waals surface area contributed by atoms with Gasteiger partial charge in [-0.25, -0.2) is 4.98 Å². The van der Waals surface area contributed by atoms with Gasteiger partial charge in [-0.3, -0.25) is 0 Å². The number of halogens is 3. The van der Waals surface area contributed by atoms with Crippen molar-refractivity contribution in [1.82, 2.24) is 9.88 Å². The van der Waals surface area contributed by atoms with Gasteiger partial charge in [-0.05, 0) is 43.4 Å². The minimum absolute atomic E-state index is 0.0835. The van der Waals surface area contributed by atoms with E-state index in [9.17, 15) is 23.4 Å². The summed E-state index contributed by atoms with van der Waals surface area (Å²) in [5.41, 5.74) is -3.27. The number of rotatable bonds is 5. The average molecular weight is 501 g/mol. The van der Waals surface area contributed by atoms with E-state index in [1.165, 1.54) is 25.4 Å². The first-order valence-corrected chi connectivity index (χ1v) is 11.6. The van der Waals surface area contributed by atoms with Crippen LogP contribution in [0.1, 0.15) is 28.2 Å². The molecule has 1 aliphatic carbocycles. The normalized spacial score (nSPS) is 29.1. The molecule has 1 aliphatic heterocycles. The summed E-state index contributed by atoms with van der Waals surface area (Å²) in [5.74, 6) is -0.838. The van der Waals surface area contributed by atoms with Gasteiger partial charge in [0, 0.05) is 24.6 Å². The van der Waals surface area contributed by atoms with Crippen molar-refractivity contribution >= 4 is 0 Å². The summed E-state index contributed by atoms with van der Waals surface area (Å²) < 4.78 is 52.3. The third-order valence-corrected chi connectivity index (χ3v) is 7.37. The SMILES string of the molecule is COc1nccc2c1C1(O)C(O)C(CN(C)C)C(c3ccccc3)C1(c1ccc(C(F)(F)F)cc1)O2. The van der Waals surface area contributed by atoms with Gasteiger partial charge in [0.05, 0.1) is 24.3 Å². The number of alkyl halides is 3. The number of methoxy groups -OCH3 is 1. The maximum atomic E-state index is 13.4. The standard InChI is InChI=1S/C27H27F3N2O4/c1-32(2)15-19-21(16-7-5-4-6-8-16)26(17-9-11-18(12-10-17)27(28,29)30)25(34,23(19)33)22-20(36-26)13-14-31-24(22)35-3/h4-14,19,21,23,33-34H,15H2,1-3H3. The molecule has 2 N–H and O–H groups in total. The van der Waals surface area contributed by atoms with Crippen LogP contribution < -0.4 is 9.47 Å². The molecular formula is C27H27F3N2O4. The number of hydrogen-bond acceptors (Lipinski definition) is 6. The molecular weight excluding hydrogens is 473 g/mol. The lowest BCUT2D eigenvalue weighted by molar-refractivity contribution is -0.152. The first-order chi connectivity index (χ1) is 17.1. The molecule has 0 amide bonds. The predicted octanol–water partition coefficient (Wildman–Crippen LogP) is 3.92. The first-order valence-electron chi connectivity index (χ1n) is 11.6. The number of aliphatic hydroxyl groups excluding tert-OH is 1. The van der Waals surface area contributed by atoms with E-state index in [4.69, 9.17) is 9.47 Å². The highest BCUT2D eigenvalue weighted by molar-refractivity contribution is 5.58. The van der Waals surface area contributed by atoms with Gasteiger partial charge in [0.25, 0.3) is 0 Å². The topological polar surface area (TPSA) is 75.0 Å². The highest BCUT2D eigenvalue weighted by Gasteiger charge is 2.76. The zero-order valence-electron chi connectivity index (χ0n) is 20.0. The van der Waals surface area contributed by atoms with E-state index in [0.29, 0.717) is 12.1 Å². The zero-order chi connectivity index (χ0) is 25.9. The lowest BCUT2D eigenvalue weighted by Gasteiger charge is -2.41. The van der Waals surface area contributed by atoms with Crippen LogP contribution in [0, 0.1) is 5.92 Å². The lowest BCUT2D eigenvalue weighted by Crippen LogP contribution is -2.52. The number of benzene rings is 2. The Hall–Kier alpha value is -3.14. The summed E-state index contributed by atoms with van der Waals surface area (Å²) in [5, 5.41) is 24.4. The molecule has 2 aromatic carbocycles. The minimum Gasteiger partial charge on any atom is -0.481 e. The fraction of sp³-hybridized carbons (Fsp3) is 0.370. The Labute approximate surface area is 206 Å². The molecule has 5 atom stereocenters. The molecule has 190 valence electrons. The Balaban J connectivity index is 1.83. The van der Waals surface area contributed by atoms with E-state index in [0.717, 1.165) is 17.7 Å². The van der Waals surface area contributed by atoms with E-state index in [1.807, 2.05) is 49.3 Å². The smallest absolute Gasteiger partial charge is 0.416 e.